The number of halogens is 1. The van der Waals surface area contributed by atoms with Gasteiger partial charge in [-0.2, -0.15) is 0 Å². The van der Waals surface area contributed by atoms with E-state index in [9.17, 15) is 12.8 Å². The highest BCUT2D eigenvalue weighted by Gasteiger charge is 2.02. The van der Waals surface area contributed by atoms with Crippen LogP contribution in [0.4, 0.5) is 4.39 Å². The van der Waals surface area contributed by atoms with Crippen LogP contribution >= 0.6 is 0 Å². The van der Waals surface area contributed by atoms with Gasteiger partial charge in [-0.3, -0.25) is 0 Å². The molecule has 1 N–H and O–H groups in total. The Morgan fingerprint density at radius 3 is 2.60 bits per heavy atom. The lowest BCUT2D eigenvalue weighted by Crippen LogP contribution is -2.22. The smallest absolute Gasteiger partial charge is 0.148 e. The summed E-state index contributed by atoms with van der Waals surface area (Å²) in [5.74, 6) is -0.203. The van der Waals surface area contributed by atoms with E-state index in [-0.39, 0.29) is 11.6 Å². The standard InChI is InChI=1S/C10H14FNO2S/c1-15(13,14)7-6-12-8-9-4-2-3-5-10(9)11/h2-5,12H,6-8H2,1H3. The Kier molecular flexibility index (Phi) is 4.23. The van der Waals surface area contributed by atoms with Crippen LogP contribution in [-0.2, 0) is 16.4 Å². The predicted octanol–water partition coefficient (Wildman–Crippen LogP) is 0.960. The van der Waals surface area contributed by atoms with Gasteiger partial charge in [0.1, 0.15) is 15.7 Å². The molecule has 0 unspecified atom stereocenters. The molecular formula is C10H14FNO2S. The van der Waals surface area contributed by atoms with Crippen molar-refractivity contribution in [1.29, 1.82) is 0 Å². The number of sulfone groups is 1. The second-order valence-corrected chi connectivity index (χ2v) is 5.66. The van der Waals surface area contributed by atoms with E-state index in [1.807, 2.05) is 0 Å². The minimum Gasteiger partial charge on any atom is -0.312 e. The van der Waals surface area contributed by atoms with E-state index in [0.717, 1.165) is 0 Å². The average Bonchev–Trinajstić information content (AvgIpc) is 2.13. The highest BCUT2D eigenvalue weighted by Crippen LogP contribution is 2.04. The van der Waals surface area contributed by atoms with Gasteiger partial charge >= 0.3 is 0 Å². The number of hydrogen-bond donors (Lipinski definition) is 1. The van der Waals surface area contributed by atoms with Crippen molar-refractivity contribution < 1.29 is 12.8 Å². The number of rotatable bonds is 5. The van der Waals surface area contributed by atoms with Crippen molar-refractivity contribution in [2.75, 3.05) is 18.6 Å². The second-order valence-electron chi connectivity index (χ2n) is 3.40. The first-order chi connectivity index (χ1) is 6.99. The molecule has 15 heavy (non-hydrogen) atoms. The molecule has 5 heteroatoms. The molecule has 0 bridgehead atoms. The highest BCUT2D eigenvalue weighted by molar-refractivity contribution is 7.90. The van der Waals surface area contributed by atoms with Crippen molar-refractivity contribution >= 4 is 9.84 Å². The Bertz CT molecular complexity index is 417. The topological polar surface area (TPSA) is 46.2 Å². The zero-order chi connectivity index (χ0) is 11.3. The van der Waals surface area contributed by atoms with E-state index in [1.54, 1.807) is 18.2 Å². The molecule has 84 valence electrons. The van der Waals surface area contributed by atoms with Crippen molar-refractivity contribution in [2.24, 2.45) is 0 Å². The van der Waals surface area contributed by atoms with Crippen LogP contribution in [0, 0.1) is 5.82 Å². The second kappa shape index (κ2) is 5.23. The number of hydrogen-bond acceptors (Lipinski definition) is 3. The lowest BCUT2D eigenvalue weighted by atomic mass is 10.2. The normalized spacial score (nSPS) is 11.6. The van der Waals surface area contributed by atoms with Crippen LogP contribution in [-0.4, -0.2) is 27.0 Å². The lowest BCUT2D eigenvalue weighted by molar-refractivity contribution is 0.585. The van der Waals surface area contributed by atoms with Gasteiger partial charge in [0.05, 0.1) is 5.75 Å². The first-order valence-electron chi connectivity index (χ1n) is 4.61. The summed E-state index contributed by atoms with van der Waals surface area (Å²) < 4.78 is 34.7. The first kappa shape index (κ1) is 12.1. The fourth-order valence-corrected chi connectivity index (χ4v) is 1.64. The van der Waals surface area contributed by atoms with Gasteiger partial charge in [-0.15, -0.1) is 0 Å². The zero-order valence-corrected chi connectivity index (χ0v) is 9.35. The highest BCUT2D eigenvalue weighted by atomic mass is 32.2. The van der Waals surface area contributed by atoms with E-state index in [0.29, 0.717) is 18.7 Å². The molecule has 0 saturated carbocycles. The van der Waals surface area contributed by atoms with Gasteiger partial charge in [-0.05, 0) is 6.07 Å². The molecule has 0 amide bonds. The van der Waals surface area contributed by atoms with Gasteiger partial charge in [0, 0.05) is 24.9 Å². The van der Waals surface area contributed by atoms with E-state index < -0.39 is 9.84 Å². The van der Waals surface area contributed by atoms with Crippen LogP contribution in [0.15, 0.2) is 24.3 Å². The molecule has 3 nitrogen and oxygen atoms in total. The van der Waals surface area contributed by atoms with Crippen molar-refractivity contribution in [1.82, 2.24) is 5.32 Å². The van der Waals surface area contributed by atoms with Crippen molar-refractivity contribution in [2.45, 2.75) is 6.54 Å². The average molecular weight is 231 g/mol. The Morgan fingerprint density at radius 1 is 1.33 bits per heavy atom. The predicted molar refractivity (Wildman–Crippen MR) is 57.8 cm³/mol. The summed E-state index contributed by atoms with van der Waals surface area (Å²) in [6, 6.07) is 6.42. The van der Waals surface area contributed by atoms with Crippen LogP contribution in [0.5, 0.6) is 0 Å². The summed E-state index contributed by atoms with van der Waals surface area (Å²) in [5, 5.41) is 2.88. The van der Waals surface area contributed by atoms with Gasteiger partial charge in [-0.25, -0.2) is 12.8 Å². The molecule has 0 aliphatic heterocycles. The molecular weight excluding hydrogens is 217 g/mol. The van der Waals surface area contributed by atoms with Crippen LogP contribution < -0.4 is 5.32 Å². The fraction of sp³-hybridized carbons (Fsp3) is 0.400. The summed E-state index contributed by atoms with van der Waals surface area (Å²) in [4.78, 5) is 0. The molecule has 0 aliphatic carbocycles. The Morgan fingerprint density at radius 2 is 2.00 bits per heavy atom. The molecule has 0 atom stereocenters. The molecule has 0 heterocycles. The monoisotopic (exact) mass is 231 g/mol. The fourth-order valence-electron chi connectivity index (χ4n) is 1.12. The van der Waals surface area contributed by atoms with Crippen LogP contribution in [0.25, 0.3) is 0 Å². The third kappa shape index (κ3) is 4.90. The maximum atomic E-state index is 13.1. The molecule has 0 aromatic heterocycles. The van der Waals surface area contributed by atoms with Crippen molar-refractivity contribution in [3.63, 3.8) is 0 Å². The molecule has 1 aromatic carbocycles. The molecule has 1 rings (SSSR count). The molecule has 0 saturated heterocycles. The Labute approximate surface area is 89.2 Å². The van der Waals surface area contributed by atoms with Crippen LogP contribution in [0.3, 0.4) is 0 Å². The van der Waals surface area contributed by atoms with Crippen molar-refractivity contribution in [3.8, 4) is 0 Å². The minimum atomic E-state index is -2.94. The van der Waals surface area contributed by atoms with Gasteiger partial charge in [0.2, 0.25) is 0 Å². The summed E-state index contributed by atoms with van der Waals surface area (Å²) in [5.41, 5.74) is 0.547. The van der Waals surface area contributed by atoms with Crippen molar-refractivity contribution in [3.05, 3.63) is 35.6 Å². The van der Waals surface area contributed by atoms with Crippen LogP contribution in [0.2, 0.25) is 0 Å². The molecule has 0 fully saturated rings. The summed E-state index contributed by atoms with van der Waals surface area (Å²) >= 11 is 0. The maximum absolute atomic E-state index is 13.1. The molecule has 1 aromatic rings. The van der Waals surface area contributed by atoms with Gasteiger partial charge in [-0.1, -0.05) is 18.2 Å². The van der Waals surface area contributed by atoms with E-state index in [4.69, 9.17) is 0 Å². The van der Waals surface area contributed by atoms with E-state index in [2.05, 4.69) is 5.32 Å². The Hall–Kier alpha value is -0.940. The number of nitrogens with one attached hydrogen (secondary N) is 1. The zero-order valence-electron chi connectivity index (χ0n) is 8.53. The van der Waals surface area contributed by atoms with Gasteiger partial charge in [0.15, 0.2) is 0 Å². The van der Waals surface area contributed by atoms with E-state index >= 15 is 0 Å². The van der Waals surface area contributed by atoms with Crippen LogP contribution in [0.1, 0.15) is 5.56 Å². The van der Waals surface area contributed by atoms with E-state index in [1.165, 1.54) is 12.3 Å². The summed E-state index contributed by atoms with van der Waals surface area (Å²) in [6.45, 7) is 0.690. The first-order valence-corrected chi connectivity index (χ1v) is 6.67. The molecule has 0 aliphatic rings. The molecule has 0 radical (unpaired) electrons. The summed E-state index contributed by atoms with van der Waals surface area (Å²) in [7, 11) is -2.94. The van der Waals surface area contributed by atoms with Gasteiger partial charge < -0.3 is 5.32 Å². The lowest BCUT2D eigenvalue weighted by Gasteiger charge is -2.04. The molecule has 0 spiro atoms. The SMILES string of the molecule is CS(=O)(=O)CCNCc1ccccc1F. The largest absolute Gasteiger partial charge is 0.312 e. The third-order valence-corrected chi connectivity index (χ3v) is 2.87. The Balaban J connectivity index is 2.36. The third-order valence-electron chi connectivity index (χ3n) is 1.92. The maximum Gasteiger partial charge on any atom is 0.148 e. The quantitative estimate of drug-likeness (QED) is 0.768. The summed E-state index contributed by atoms with van der Waals surface area (Å²) in [6.07, 6.45) is 1.18. The number of benzene rings is 1. The minimum absolute atomic E-state index is 0.0709. The van der Waals surface area contributed by atoms with Gasteiger partial charge in [0.25, 0.3) is 0 Å².